The Hall–Kier alpha value is -2.60. The molecule has 1 saturated heterocycles. The number of carbonyl (C=O) groups is 1. The number of ether oxygens (including phenoxy) is 2. The predicted molar refractivity (Wildman–Crippen MR) is 93.2 cm³/mol. The first-order chi connectivity index (χ1) is 12.2. The molecular formula is C19H21FN2O3. The number of halogens is 1. The molecule has 5 nitrogen and oxygen atoms in total. The fourth-order valence-corrected chi connectivity index (χ4v) is 2.60. The van der Waals surface area contributed by atoms with Crippen LogP contribution in [0, 0.1) is 5.82 Å². The van der Waals surface area contributed by atoms with E-state index < -0.39 is 5.82 Å². The Morgan fingerprint density at radius 1 is 1.12 bits per heavy atom. The van der Waals surface area contributed by atoms with Crippen LogP contribution in [0.1, 0.15) is 5.56 Å². The van der Waals surface area contributed by atoms with Crippen molar-refractivity contribution in [1.82, 2.24) is 5.32 Å². The molecule has 2 aromatic carbocycles. The van der Waals surface area contributed by atoms with E-state index in [-0.39, 0.29) is 18.3 Å². The molecule has 0 aliphatic carbocycles. The third kappa shape index (κ3) is 4.93. The first-order valence-corrected chi connectivity index (χ1v) is 8.28. The minimum absolute atomic E-state index is 0.0764. The summed E-state index contributed by atoms with van der Waals surface area (Å²) in [4.78, 5) is 14.1. The molecule has 1 N–H and O–H groups in total. The van der Waals surface area contributed by atoms with Gasteiger partial charge in [-0.1, -0.05) is 24.3 Å². The Balaban J connectivity index is 1.44. The molecule has 25 heavy (non-hydrogen) atoms. The van der Waals surface area contributed by atoms with Gasteiger partial charge in [-0.05, 0) is 29.8 Å². The zero-order valence-electron chi connectivity index (χ0n) is 13.9. The van der Waals surface area contributed by atoms with Crippen molar-refractivity contribution < 1.29 is 18.7 Å². The molecule has 1 aliphatic rings. The van der Waals surface area contributed by atoms with Gasteiger partial charge in [-0.2, -0.15) is 0 Å². The second-order valence-electron chi connectivity index (χ2n) is 5.76. The number of carbonyl (C=O) groups excluding carboxylic acids is 1. The maximum atomic E-state index is 13.4. The third-order valence-electron chi connectivity index (χ3n) is 4.00. The third-order valence-corrected chi connectivity index (χ3v) is 4.00. The summed E-state index contributed by atoms with van der Waals surface area (Å²) in [6, 6.07) is 14.1. The number of nitrogens with one attached hydrogen (secondary N) is 1. The molecule has 1 fully saturated rings. The molecule has 0 radical (unpaired) electrons. The van der Waals surface area contributed by atoms with Crippen molar-refractivity contribution in [2.75, 3.05) is 37.8 Å². The lowest BCUT2D eigenvalue weighted by molar-refractivity contribution is -0.123. The van der Waals surface area contributed by atoms with Gasteiger partial charge in [-0.25, -0.2) is 4.39 Å². The van der Waals surface area contributed by atoms with Crippen molar-refractivity contribution in [3.63, 3.8) is 0 Å². The van der Waals surface area contributed by atoms with Crippen LogP contribution >= 0.6 is 0 Å². The predicted octanol–water partition coefficient (Wildman–Crippen LogP) is 2.36. The maximum absolute atomic E-state index is 13.4. The van der Waals surface area contributed by atoms with E-state index in [2.05, 4.69) is 10.2 Å². The van der Waals surface area contributed by atoms with Crippen LogP contribution in [-0.4, -0.2) is 38.8 Å². The summed E-state index contributed by atoms with van der Waals surface area (Å²) in [5.41, 5.74) is 2.15. The van der Waals surface area contributed by atoms with Crippen LogP contribution < -0.4 is 15.0 Å². The lowest BCUT2D eigenvalue weighted by Gasteiger charge is -2.28. The summed E-state index contributed by atoms with van der Waals surface area (Å²) in [6.07, 6.45) is 0. The number of para-hydroxylation sites is 1. The van der Waals surface area contributed by atoms with E-state index in [1.54, 1.807) is 12.1 Å². The molecular weight excluding hydrogens is 323 g/mol. The highest BCUT2D eigenvalue weighted by Gasteiger charge is 2.11. The lowest BCUT2D eigenvalue weighted by Crippen LogP contribution is -2.36. The molecule has 132 valence electrons. The van der Waals surface area contributed by atoms with Crippen molar-refractivity contribution in [1.29, 1.82) is 0 Å². The molecule has 0 atom stereocenters. The number of amides is 1. The number of morpholine rings is 1. The van der Waals surface area contributed by atoms with Gasteiger partial charge in [0.1, 0.15) is 0 Å². The molecule has 0 bridgehead atoms. The van der Waals surface area contributed by atoms with Gasteiger partial charge in [0.05, 0.1) is 13.2 Å². The Bertz CT molecular complexity index is 700. The first-order valence-electron chi connectivity index (χ1n) is 8.28. The lowest BCUT2D eigenvalue weighted by atomic mass is 10.2. The average molecular weight is 344 g/mol. The van der Waals surface area contributed by atoms with Gasteiger partial charge in [0.2, 0.25) is 0 Å². The van der Waals surface area contributed by atoms with Gasteiger partial charge in [0.25, 0.3) is 5.91 Å². The van der Waals surface area contributed by atoms with Crippen molar-refractivity contribution in [2.45, 2.75) is 6.54 Å². The van der Waals surface area contributed by atoms with E-state index in [1.807, 2.05) is 24.3 Å². The Labute approximate surface area is 146 Å². The summed E-state index contributed by atoms with van der Waals surface area (Å²) in [5, 5.41) is 2.77. The smallest absolute Gasteiger partial charge is 0.258 e. The number of anilines is 1. The summed E-state index contributed by atoms with van der Waals surface area (Å²) >= 11 is 0. The van der Waals surface area contributed by atoms with E-state index in [0.717, 1.165) is 37.6 Å². The van der Waals surface area contributed by atoms with Gasteiger partial charge in [0.15, 0.2) is 18.2 Å². The monoisotopic (exact) mass is 344 g/mol. The van der Waals surface area contributed by atoms with E-state index >= 15 is 0 Å². The quantitative estimate of drug-likeness (QED) is 0.874. The van der Waals surface area contributed by atoms with Crippen LogP contribution in [0.3, 0.4) is 0 Å². The highest BCUT2D eigenvalue weighted by molar-refractivity contribution is 5.77. The standard InChI is InChI=1S/C19H21FN2O3/c20-17-3-1-2-4-18(17)25-14-19(23)21-13-15-5-7-16(8-6-15)22-9-11-24-12-10-22/h1-8H,9-14H2,(H,21,23). The van der Waals surface area contributed by atoms with Crippen LogP contribution in [0.5, 0.6) is 5.75 Å². The SMILES string of the molecule is O=C(COc1ccccc1F)NCc1ccc(N2CCOCC2)cc1. The summed E-state index contributed by atoms with van der Waals surface area (Å²) in [5.74, 6) is -0.693. The molecule has 0 unspecified atom stereocenters. The van der Waals surface area contributed by atoms with Crippen LogP contribution in [0.25, 0.3) is 0 Å². The number of nitrogens with zero attached hydrogens (tertiary/aromatic N) is 1. The molecule has 2 aromatic rings. The van der Waals surface area contributed by atoms with Gasteiger partial charge >= 0.3 is 0 Å². The molecule has 0 saturated carbocycles. The van der Waals surface area contributed by atoms with Crippen LogP contribution in [0.2, 0.25) is 0 Å². The topological polar surface area (TPSA) is 50.8 Å². The van der Waals surface area contributed by atoms with Crippen molar-refractivity contribution >= 4 is 11.6 Å². The van der Waals surface area contributed by atoms with Crippen LogP contribution in [0.4, 0.5) is 10.1 Å². The number of hydrogen-bond acceptors (Lipinski definition) is 4. The normalized spacial score (nSPS) is 14.2. The van der Waals surface area contributed by atoms with E-state index in [4.69, 9.17) is 9.47 Å². The summed E-state index contributed by atoms with van der Waals surface area (Å²) in [6.45, 7) is 3.47. The molecule has 3 rings (SSSR count). The van der Waals surface area contributed by atoms with E-state index in [0.29, 0.717) is 6.54 Å². The Morgan fingerprint density at radius 2 is 1.84 bits per heavy atom. The molecule has 1 amide bonds. The summed E-state index contributed by atoms with van der Waals surface area (Å²) in [7, 11) is 0. The zero-order chi connectivity index (χ0) is 17.5. The molecule has 1 heterocycles. The van der Waals surface area contributed by atoms with E-state index in [1.165, 1.54) is 12.1 Å². The van der Waals surface area contributed by atoms with Crippen LogP contribution in [-0.2, 0) is 16.1 Å². The van der Waals surface area contributed by atoms with Crippen LogP contribution in [0.15, 0.2) is 48.5 Å². The summed E-state index contributed by atoms with van der Waals surface area (Å²) < 4.78 is 23.9. The molecule has 0 aromatic heterocycles. The number of rotatable bonds is 6. The number of benzene rings is 2. The highest BCUT2D eigenvalue weighted by atomic mass is 19.1. The van der Waals surface area contributed by atoms with Gasteiger partial charge in [0, 0.05) is 25.3 Å². The molecule has 0 spiro atoms. The second kappa shape index (κ2) is 8.48. The second-order valence-corrected chi connectivity index (χ2v) is 5.76. The van der Waals surface area contributed by atoms with Crippen molar-refractivity contribution in [3.8, 4) is 5.75 Å². The number of hydrogen-bond donors (Lipinski definition) is 1. The minimum Gasteiger partial charge on any atom is -0.481 e. The zero-order valence-corrected chi connectivity index (χ0v) is 13.9. The van der Waals surface area contributed by atoms with Gasteiger partial charge < -0.3 is 19.7 Å². The molecule has 6 heteroatoms. The Morgan fingerprint density at radius 3 is 2.56 bits per heavy atom. The average Bonchev–Trinajstić information content (AvgIpc) is 2.67. The largest absolute Gasteiger partial charge is 0.481 e. The highest BCUT2D eigenvalue weighted by Crippen LogP contribution is 2.17. The van der Waals surface area contributed by atoms with Gasteiger partial charge in [-0.15, -0.1) is 0 Å². The minimum atomic E-state index is -0.478. The van der Waals surface area contributed by atoms with Crippen molar-refractivity contribution in [2.24, 2.45) is 0 Å². The van der Waals surface area contributed by atoms with E-state index in [9.17, 15) is 9.18 Å². The first kappa shape index (κ1) is 17.2. The fourth-order valence-electron chi connectivity index (χ4n) is 2.60. The maximum Gasteiger partial charge on any atom is 0.258 e. The van der Waals surface area contributed by atoms with Crippen molar-refractivity contribution in [3.05, 3.63) is 59.9 Å². The van der Waals surface area contributed by atoms with Gasteiger partial charge in [-0.3, -0.25) is 4.79 Å². The molecule has 1 aliphatic heterocycles. The Kier molecular flexibility index (Phi) is 5.85. The fraction of sp³-hybridized carbons (Fsp3) is 0.316.